The van der Waals surface area contributed by atoms with Crippen molar-refractivity contribution in [1.82, 2.24) is 10.2 Å². The molecule has 1 aromatic heterocycles. The van der Waals surface area contributed by atoms with Crippen LogP contribution >= 0.6 is 0 Å². The van der Waals surface area contributed by atoms with E-state index < -0.39 is 29.6 Å². The molecule has 0 aliphatic carbocycles. The van der Waals surface area contributed by atoms with Gasteiger partial charge in [-0.1, -0.05) is 18.2 Å². The molecular formula is C16H13F3N2O3. The van der Waals surface area contributed by atoms with Crippen molar-refractivity contribution in [2.75, 3.05) is 13.1 Å². The first-order valence-electron chi connectivity index (χ1n) is 7.18. The highest BCUT2D eigenvalue weighted by atomic mass is 19.4. The van der Waals surface area contributed by atoms with Gasteiger partial charge in [0.05, 0.1) is 11.8 Å². The number of piperazine rings is 1. The van der Waals surface area contributed by atoms with Crippen molar-refractivity contribution in [1.29, 1.82) is 0 Å². The second-order valence-electron chi connectivity index (χ2n) is 5.25. The summed E-state index contributed by atoms with van der Waals surface area (Å²) < 4.78 is 44.9. The van der Waals surface area contributed by atoms with Gasteiger partial charge in [-0.05, 0) is 23.8 Å². The van der Waals surface area contributed by atoms with Crippen molar-refractivity contribution in [3.8, 4) is 0 Å². The van der Waals surface area contributed by atoms with Crippen LogP contribution in [0.5, 0.6) is 0 Å². The average molecular weight is 338 g/mol. The third kappa shape index (κ3) is 2.86. The number of hydrogen-bond donors (Lipinski definition) is 1. The Morgan fingerprint density at radius 2 is 1.96 bits per heavy atom. The van der Waals surface area contributed by atoms with Crippen LogP contribution in [0.1, 0.15) is 27.7 Å². The maximum absolute atomic E-state index is 13.3. The summed E-state index contributed by atoms with van der Waals surface area (Å²) >= 11 is 0. The van der Waals surface area contributed by atoms with Gasteiger partial charge in [-0.2, -0.15) is 13.2 Å². The van der Waals surface area contributed by atoms with Crippen LogP contribution < -0.4 is 5.32 Å². The largest absolute Gasteiger partial charge is 0.459 e. The number of rotatable bonds is 2. The van der Waals surface area contributed by atoms with Gasteiger partial charge >= 0.3 is 6.18 Å². The normalized spacial score (nSPS) is 18.4. The molecule has 5 nitrogen and oxygen atoms in total. The molecule has 8 heteroatoms. The van der Waals surface area contributed by atoms with Gasteiger partial charge in [-0.25, -0.2) is 0 Å². The van der Waals surface area contributed by atoms with Gasteiger partial charge < -0.3 is 14.6 Å². The summed E-state index contributed by atoms with van der Waals surface area (Å²) in [4.78, 5) is 25.9. The lowest BCUT2D eigenvalue weighted by Crippen LogP contribution is -2.52. The molecule has 2 heterocycles. The molecule has 0 bridgehead atoms. The van der Waals surface area contributed by atoms with Crippen molar-refractivity contribution in [3.05, 3.63) is 59.5 Å². The quantitative estimate of drug-likeness (QED) is 0.916. The zero-order chi connectivity index (χ0) is 17.3. The Morgan fingerprint density at radius 1 is 1.21 bits per heavy atom. The summed E-state index contributed by atoms with van der Waals surface area (Å²) in [5, 5.41) is 2.51. The van der Waals surface area contributed by atoms with Crippen molar-refractivity contribution in [3.63, 3.8) is 0 Å². The molecule has 0 radical (unpaired) electrons. The van der Waals surface area contributed by atoms with Gasteiger partial charge in [0.1, 0.15) is 6.04 Å². The Kier molecular flexibility index (Phi) is 4.04. The molecule has 24 heavy (non-hydrogen) atoms. The number of nitrogens with one attached hydrogen (secondary N) is 1. The van der Waals surface area contributed by atoms with Crippen LogP contribution in [0.3, 0.4) is 0 Å². The van der Waals surface area contributed by atoms with E-state index in [2.05, 4.69) is 5.32 Å². The number of hydrogen-bond acceptors (Lipinski definition) is 3. The topological polar surface area (TPSA) is 62.6 Å². The molecule has 126 valence electrons. The van der Waals surface area contributed by atoms with Crippen LogP contribution in [0.2, 0.25) is 0 Å². The predicted molar refractivity (Wildman–Crippen MR) is 76.9 cm³/mol. The lowest BCUT2D eigenvalue weighted by molar-refractivity contribution is -0.139. The van der Waals surface area contributed by atoms with Crippen molar-refractivity contribution in [2.45, 2.75) is 12.2 Å². The number of alkyl halides is 3. The summed E-state index contributed by atoms with van der Waals surface area (Å²) in [6.45, 7) is 0.248. The maximum atomic E-state index is 13.3. The van der Waals surface area contributed by atoms with E-state index in [9.17, 15) is 22.8 Å². The highest BCUT2D eigenvalue weighted by molar-refractivity contribution is 5.96. The SMILES string of the molecule is O=C1NCCN(C(=O)c2ccco2)[C@H]1c1ccccc1C(F)(F)F. The van der Waals surface area contributed by atoms with E-state index in [1.807, 2.05) is 0 Å². The second-order valence-corrected chi connectivity index (χ2v) is 5.25. The summed E-state index contributed by atoms with van der Waals surface area (Å²) in [6.07, 6.45) is -3.34. The van der Waals surface area contributed by atoms with Crippen molar-refractivity contribution >= 4 is 11.8 Å². The Balaban J connectivity index is 2.06. The first-order valence-corrected chi connectivity index (χ1v) is 7.18. The Bertz CT molecular complexity index is 756. The van der Waals surface area contributed by atoms with Crippen molar-refractivity contribution < 1.29 is 27.2 Å². The third-order valence-corrected chi connectivity index (χ3v) is 3.77. The van der Waals surface area contributed by atoms with Crippen LogP contribution in [0.15, 0.2) is 47.1 Å². The molecule has 3 rings (SSSR count). The smallest absolute Gasteiger partial charge is 0.416 e. The summed E-state index contributed by atoms with van der Waals surface area (Å²) in [7, 11) is 0. The third-order valence-electron chi connectivity index (χ3n) is 3.77. The fraction of sp³-hybridized carbons (Fsp3) is 0.250. The van der Waals surface area contributed by atoms with E-state index in [1.165, 1.54) is 36.6 Å². The van der Waals surface area contributed by atoms with Crippen LogP contribution in [0.25, 0.3) is 0 Å². The van der Waals surface area contributed by atoms with E-state index in [1.54, 1.807) is 0 Å². The molecule has 1 atom stereocenters. The number of furan rings is 1. The lowest BCUT2D eigenvalue weighted by Gasteiger charge is -2.35. The van der Waals surface area contributed by atoms with E-state index in [-0.39, 0.29) is 24.4 Å². The fourth-order valence-electron chi connectivity index (χ4n) is 2.73. The van der Waals surface area contributed by atoms with Gasteiger partial charge in [-0.15, -0.1) is 0 Å². The minimum Gasteiger partial charge on any atom is -0.459 e. The van der Waals surface area contributed by atoms with Crippen LogP contribution in [-0.4, -0.2) is 29.8 Å². The Labute approximate surface area is 135 Å². The van der Waals surface area contributed by atoms with Gasteiger partial charge in [0.2, 0.25) is 5.91 Å². The number of carbonyl (C=O) groups excluding carboxylic acids is 2. The molecule has 0 saturated carbocycles. The summed E-state index contributed by atoms with van der Waals surface area (Å²) in [5.41, 5.74) is -1.20. The van der Waals surface area contributed by atoms with E-state index in [0.29, 0.717) is 0 Å². The second kappa shape index (κ2) is 6.03. The van der Waals surface area contributed by atoms with E-state index in [4.69, 9.17) is 4.42 Å². The first kappa shape index (κ1) is 16.1. The van der Waals surface area contributed by atoms with Gasteiger partial charge in [-0.3, -0.25) is 9.59 Å². The molecule has 1 aliphatic rings. The molecule has 2 amide bonds. The minimum absolute atomic E-state index is 0.0285. The molecule has 1 fully saturated rings. The number of amides is 2. The van der Waals surface area contributed by atoms with Crippen LogP contribution in [0, 0.1) is 0 Å². The van der Waals surface area contributed by atoms with Gasteiger partial charge in [0.15, 0.2) is 5.76 Å². The average Bonchev–Trinajstić information content (AvgIpc) is 3.07. The van der Waals surface area contributed by atoms with Crippen LogP contribution in [0.4, 0.5) is 13.2 Å². The standard InChI is InChI=1S/C16H13F3N2O3/c17-16(18,19)11-5-2-1-4-10(11)13-14(22)20-7-8-21(13)15(23)12-6-3-9-24-12/h1-6,9,13H,7-8H2,(H,20,22)/t13-/m0/s1. The number of benzene rings is 1. The van der Waals surface area contributed by atoms with Gasteiger partial charge in [0.25, 0.3) is 5.91 Å². The Morgan fingerprint density at radius 3 is 2.62 bits per heavy atom. The van der Waals surface area contributed by atoms with E-state index in [0.717, 1.165) is 11.0 Å². The molecule has 0 spiro atoms. The van der Waals surface area contributed by atoms with Crippen LogP contribution in [-0.2, 0) is 11.0 Å². The highest BCUT2D eigenvalue weighted by Crippen LogP contribution is 2.37. The minimum atomic E-state index is -4.63. The molecule has 1 aliphatic heterocycles. The molecular weight excluding hydrogens is 325 g/mol. The number of nitrogens with zero attached hydrogens (tertiary/aromatic N) is 1. The zero-order valence-corrected chi connectivity index (χ0v) is 12.3. The molecule has 2 aromatic rings. The highest BCUT2D eigenvalue weighted by Gasteiger charge is 2.42. The molecule has 1 N–H and O–H groups in total. The van der Waals surface area contributed by atoms with Crippen molar-refractivity contribution in [2.24, 2.45) is 0 Å². The fourth-order valence-corrected chi connectivity index (χ4v) is 2.73. The number of halogens is 3. The monoisotopic (exact) mass is 338 g/mol. The predicted octanol–water partition coefficient (Wildman–Crippen LogP) is 2.61. The molecule has 0 unspecified atom stereocenters. The molecule has 1 saturated heterocycles. The summed E-state index contributed by atoms with van der Waals surface area (Å²) in [5.74, 6) is -1.31. The summed E-state index contributed by atoms with van der Waals surface area (Å²) in [6, 6.07) is 6.29. The Hall–Kier alpha value is -2.77. The van der Waals surface area contributed by atoms with E-state index >= 15 is 0 Å². The maximum Gasteiger partial charge on any atom is 0.416 e. The first-order chi connectivity index (χ1) is 11.4. The molecule has 1 aromatic carbocycles. The van der Waals surface area contributed by atoms with Gasteiger partial charge in [0, 0.05) is 13.1 Å². The number of carbonyl (C=O) groups is 2. The lowest BCUT2D eigenvalue weighted by atomic mass is 9.96. The zero-order valence-electron chi connectivity index (χ0n) is 12.3.